The molecule has 2 aromatic rings. The number of hydrogen-bond donors (Lipinski definition) is 2. The van der Waals surface area contributed by atoms with Gasteiger partial charge in [0.05, 0.1) is 6.10 Å². The van der Waals surface area contributed by atoms with Crippen molar-refractivity contribution in [2.45, 2.75) is 70.6 Å². The lowest BCUT2D eigenvalue weighted by Gasteiger charge is -2.33. The van der Waals surface area contributed by atoms with Gasteiger partial charge in [0.2, 0.25) is 0 Å². The Kier molecular flexibility index (Phi) is 7.79. The molecule has 1 aromatic carbocycles. The molecule has 0 radical (unpaired) electrons. The highest BCUT2D eigenvalue weighted by atomic mass is 35.5. The fraction of sp³-hybridized carbons (Fsp3) is 0.481. The first kappa shape index (κ1) is 24.6. The van der Waals surface area contributed by atoms with Gasteiger partial charge in [0.1, 0.15) is 5.75 Å². The summed E-state index contributed by atoms with van der Waals surface area (Å²) in [6, 6.07) is 6.10. The highest BCUT2D eigenvalue weighted by Crippen LogP contribution is 2.33. The van der Waals surface area contributed by atoms with E-state index >= 15 is 0 Å². The van der Waals surface area contributed by atoms with Crippen molar-refractivity contribution in [2.24, 2.45) is 0 Å². The van der Waals surface area contributed by atoms with Gasteiger partial charge in [-0.15, -0.1) is 0 Å². The van der Waals surface area contributed by atoms with Crippen molar-refractivity contribution in [1.82, 2.24) is 15.2 Å². The van der Waals surface area contributed by atoms with Crippen LogP contribution in [0.3, 0.4) is 0 Å². The van der Waals surface area contributed by atoms with Gasteiger partial charge in [0.25, 0.3) is 11.5 Å². The number of amides is 1. The first-order valence-corrected chi connectivity index (χ1v) is 12.5. The second kappa shape index (κ2) is 10.8. The number of carbonyl (C=O) groups is 1. The van der Waals surface area contributed by atoms with Crippen LogP contribution in [0.1, 0.15) is 64.8 Å². The number of aromatic nitrogens is 1. The smallest absolute Gasteiger partial charge is 0.253 e. The molecule has 6 nitrogen and oxygen atoms in total. The van der Waals surface area contributed by atoms with Crippen LogP contribution in [0.2, 0.25) is 5.02 Å². The van der Waals surface area contributed by atoms with E-state index in [1.165, 1.54) is 0 Å². The van der Waals surface area contributed by atoms with Crippen molar-refractivity contribution in [2.75, 3.05) is 14.1 Å². The normalized spacial score (nSPS) is 22.1. The van der Waals surface area contributed by atoms with E-state index in [0.717, 1.165) is 55.3 Å². The molecule has 0 unspecified atom stereocenters. The number of fused-ring (bicyclic) bond motifs is 2. The predicted octanol–water partition coefficient (Wildman–Crippen LogP) is 4.56. The van der Waals surface area contributed by atoms with Crippen molar-refractivity contribution in [3.63, 3.8) is 0 Å². The number of rotatable bonds is 3. The third-order valence-electron chi connectivity index (χ3n) is 6.94. The molecule has 1 aliphatic heterocycles. The molecule has 0 saturated heterocycles. The Labute approximate surface area is 206 Å². The summed E-state index contributed by atoms with van der Waals surface area (Å²) in [6.07, 6.45) is 10.6. The minimum Gasteiger partial charge on any atom is -0.490 e. The third kappa shape index (κ3) is 5.73. The fourth-order valence-corrected chi connectivity index (χ4v) is 5.22. The van der Waals surface area contributed by atoms with Crippen LogP contribution in [0.25, 0.3) is 0 Å². The average molecular weight is 484 g/mol. The Balaban J connectivity index is 1.61. The third-order valence-corrected chi connectivity index (χ3v) is 7.16. The van der Waals surface area contributed by atoms with Crippen molar-refractivity contribution in [1.29, 1.82) is 0 Å². The molecule has 4 rings (SSSR count). The van der Waals surface area contributed by atoms with Gasteiger partial charge in [-0.05, 0) is 89.7 Å². The number of aryl methyl sites for hydroxylation is 2. The predicted molar refractivity (Wildman–Crippen MR) is 136 cm³/mol. The summed E-state index contributed by atoms with van der Waals surface area (Å²) < 4.78 is 6.45. The number of carbonyl (C=O) groups excluding carboxylic acids is 1. The van der Waals surface area contributed by atoms with Crippen molar-refractivity contribution in [3.05, 3.63) is 73.7 Å². The number of pyridine rings is 1. The second-order valence-corrected chi connectivity index (χ2v) is 10.1. The number of H-pyrrole nitrogens is 1. The first-order chi connectivity index (χ1) is 16.3. The number of allylic oxidation sites excluding steroid dienone is 2. The summed E-state index contributed by atoms with van der Waals surface area (Å²) in [5.74, 6) is 0.431. The lowest BCUT2D eigenvalue weighted by atomic mass is 9.92. The highest BCUT2D eigenvalue weighted by Gasteiger charge is 2.26. The minimum atomic E-state index is -0.251. The zero-order valence-electron chi connectivity index (χ0n) is 20.2. The second-order valence-electron chi connectivity index (χ2n) is 9.62. The first-order valence-electron chi connectivity index (χ1n) is 12.1. The number of aromatic amines is 1. The summed E-state index contributed by atoms with van der Waals surface area (Å²) in [4.78, 5) is 31.0. The van der Waals surface area contributed by atoms with E-state index in [4.69, 9.17) is 16.3 Å². The zero-order chi connectivity index (χ0) is 24.2. The number of nitrogens with zero attached hydrogens (tertiary/aromatic N) is 1. The van der Waals surface area contributed by atoms with Crippen LogP contribution in [-0.2, 0) is 19.4 Å². The average Bonchev–Trinajstić information content (AvgIpc) is 2.78. The molecule has 0 atom stereocenters. The molecule has 2 aliphatic rings. The summed E-state index contributed by atoms with van der Waals surface area (Å²) in [5, 5.41) is 3.42. The SMILES string of the molecule is Cc1cc2c(c(=O)[nH]1)CNC(=O)c1cc(Cl)cc(O[C@H]3CC[C@H](N(C)C)CC3)c1C/C=C/CC2. The molecule has 2 N–H and O–H groups in total. The molecule has 7 heteroatoms. The molecule has 34 heavy (non-hydrogen) atoms. The maximum Gasteiger partial charge on any atom is 0.253 e. The van der Waals surface area contributed by atoms with E-state index < -0.39 is 0 Å². The van der Waals surface area contributed by atoms with Crippen molar-refractivity contribution >= 4 is 17.5 Å². The maximum atomic E-state index is 13.3. The molecule has 0 bridgehead atoms. The molecule has 2 heterocycles. The van der Waals surface area contributed by atoms with Crippen molar-refractivity contribution in [3.8, 4) is 5.75 Å². The van der Waals surface area contributed by atoms with E-state index in [0.29, 0.717) is 34.4 Å². The number of halogens is 1. The Hall–Kier alpha value is -2.57. The van der Waals surface area contributed by atoms with Crippen LogP contribution >= 0.6 is 11.6 Å². The van der Waals surface area contributed by atoms with Crippen LogP contribution in [0.15, 0.2) is 35.1 Å². The molecule has 1 aliphatic carbocycles. The number of nitrogens with one attached hydrogen (secondary N) is 2. The van der Waals surface area contributed by atoms with Gasteiger partial charge >= 0.3 is 0 Å². The molecule has 1 saturated carbocycles. The Bertz CT molecular complexity index is 1130. The van der Waals surface area contributed by atoms with E-state index in [2.05, 4.69) is 41.4 Å². The van der Waals surface area contributed by atoms with Gasteiger partial charge < -0.3 is 19.9 Å². The molecule has 1 amide bonds. The number of benzene rings is 1. The van der Waals surface area contributed by atoms with Gasteiger partial charge in [-0.3, -0.25) is 9.59 Å². The van der Waals surface area contributed by atoms with E-state index in [1.807, 2.05) is 19.1 Å². The lowest BCUT2D eigenvalue weighted by molar-refractivity contribution is 0.0945. The molecule has 1 aromatic heterocycles. The number of ether oxygens (including phenoxy) is 1. The largest absolute Gasteiger partial charge is 0.490 e. The van der Waals surface area contributed by atoms with Crippen LogP contribution < -0.4 is 15.6 Å². The van der Waals surface area contributed by atoms with E-state index in [1.54, 1.807) is 6.07 Å². The van der Waals surface area contributed by atoms with Gasteiger partial charge in [-0.2, -0.15) is 0 Å². The summed E-state index contributed by atoms with van der Waals surface area (Å²) in [7, 11) is 4.25. The number of hydrogen-bond acceptors (Lipinski definition) is 4. The molecule has 1 fully saturated rings. The topological polar surface area (TPSA) is 74.4 Å². The Morgan fingerprint density at radius 3 is 2.53 bits per heavy atom. The highest BCUT2D eigenvalue weighted by molar-refractivity contribution is 6.31. The molecule has 182 valence electrons. The van der Waals surface area contributed by atoms with Gasteiger partial charge in [-0.25, -0.2) is 0 Å². The van der Waals surface area contributed by atoms with Gasteiger partial charge in [0, 0.05) is 40.0 Å². The summed E-state index contributed by atoms with van der Waals surface area (Å²) in [6.45, 7) is 2.04. The Morgan fingerprint density at radius 1 is 1.03 bits per heavy atom. The fourth-order valence-electron chi connectivity index (χ4n) is 5.01. The molecule has 0 spiro atoms. The quantitative estimate of drug-likeness (QED) is 0.627. The van der Waals surface area contributed by atoms with Gasteiger partial charge in [-0.1, -0.05) is 23.8 Å². The zero-order valence-corrected chi connectivity index (χ0v) is 21.0. The van der Waals surface area contributed by atoms with Crippen LogP contribution in [0.4, 0.5) is 0 Å². The maximum absolute atomic E-state index is 13.3. The summed E-state index contributed by atoms with van der Waals surface area (Å²) in [5.41, 5.74) is 3.58. The van der Waals surface area contributed by atoms with Crippen LogP contribution in [0, 0.1) is 6.92 Å². The monoisotopic (exact) mass is 483 g/mol. The van der Waals surface area contributed by atoms with E-state index in [9.17, 15) is 9.59 Å². The molecular weight excluding hydrogens is 450 g/mol. The minimum absolute atomic E-state index is 0.112. The van der Waals surface area contributed by atoms with Crippen LogP contribution in [-0.4, -0.2) is 42.0 Å². The van der Waals surface area contributed by atoms with Crippen molar-refractivity contribution < 1.29 is 9.53 Å². The van der Waals surface area contributed by atoms with E-state index in [-0.39, 0.29) is 24.1 Å². The Morgan fingerprint density at radius 2 is 1.79 bits per heavy atom. The lowest BCUT2D eigenvalue weighted by Crippen LogP contribution is -2.35. The standard InChI is InChI=1S/C27H34ClN3O3/c1-17-13-18-7-5-4-6-8-22-23(26(32)29-16-24(18)27(33)30-17)14-19(28)15-25(22)34-21-11-9-20(10-12-21)31(2)3/h4,6,13-15,20-21H,5,7-12,16H2,1-3H3,(H,29,32)(H,30,33)/b6-4+/t20-,21-. The summed E-state index contributed by atoms with van der Waals surface area (Å²) >= 11 is 6.44. The molecular formula is C27H34ClN3O3. The van der Waals surface area contributed by atoms with Crippen LogP contribution in [0.5, 0.6) is 5.75 Å². The van der Waals surface area contributed by atoms with Gasteiger partial charge in [0.15, 0.2) is 0 Å².